The van der Waals surface area contributed by atoms with E-state index in [1.165, 1.54) is 25.3 Å². The van der Waals surface area contributed by atoms with E-state index in [1.54, 1.807) is 7.05 Å². The molecule has 0 radical (unpaired) electrons. The molecule has 0 spiro atoms. The summed E-state index contributed by atoms with van der Waals surface area (Å²) in [5.41, 5.74) is 6.97. The number of aliphatic hydroxyl groups excluding tert-OH is 1. The predicted octanol–water partition coefficient (Wildman–Crippen LogP) is 0.616. The van der Waals surface area contributed by atoms with E-state index in [0.29, 0.717) is 24.3 Å². The van der Waals surface area contributed by atoms with Crippen molar-refractivity contribution in [2.75, 3.05) is 33.0 Å². The molecule has 0 aliphatic carbocycles. The van der Waals surface area contributed by atoms with Crippen LogP contribution in [-0.2, 0) is 11.3 Å². The van der Waals surface area contributed by atoms with Crippen molar-refractivity contribution in [1.29, 1.82) is 0 Å². The standard InChI is InChI=1S/C12H19N3O4/c1-14(7-11(16)8-19-2)6-9-5-10(15(17)18)3-4-12(9)13/h3-5,11,16H,6-8,13H2,1-2H3. The Morgan fingerprint density at radius 3 is 2.84 bits per heavy atom. The van der Waals surface area contributed by atoms with Crippen molar-refractivity contribution in [3.8, 4) is 0 Å². The topological polar surface area (TPSA) is 102 Å². The van der Waals surface area contributed by atoms with Gasteiger partial charge in [-0.05, 0) is 18.7 Å². The number of nitro benzene ring substituents is 1. The maximum absolute atomic E-state index is 10.7. The highest BCUT2D eigenvalue weighted by Gasteiger charge is 2.13. The van der Waals surface area contributed by atoms with Crippen LogP contribution < -0.4 is 5.73 Å². The second-order valence-electron chi connectivity index (χ2n) is 4.45. The van der Waals surface area contributed by atoms with E-state index < -0.39 is 11.0 Å². The number of nitrogen functional groups attached to an aromatic ring is 1. The molecule has 3 N–H and O–H groups in total. The number of nitrogens with zero attached hydrogens (tertiary/aromatic N) is 2. The molecule has 7 nitrogen and oxygen atoms in total. The molecule has 1 aromatic rings. The van der Waals surface area contributed by atoms with Crippen LogP contribution in [0.25, 0.3) is 0 Å². The molecule has 0 saturated heterocycles. The summed E-state index contributed by atoms with van der Waals surface area (Å²) in [6.07, 6.45) is -0.602. The predicted molar refractivity (Wildman–Crippen MR) is 71.7 cm³/mol. The van der Waals surface area contributed by atoms with Crippen molar-refractivity contribution >= 4 is 11.4 Å². The quantitative estimate of drug-likeness (QED) is 0.427. The number of aliphatic hydroxyl groups is 1. The second kappa shape index (κ2) is 7.03. The monoisotopic (exact) mass is 269 g/mol. The normalized spacial score (nSPS) is 12.6. The van der Waals surface area contributed by atoms with Crippen LogP contribution in [0.4, 0.5) is 11.4 Å². The first-order chi connectivity index (χ1) is 8.93. The van der Waals surface area contributed by atoms with Crippen LogP contribution in [0.3, 0.4) is 0 Å². The molecule has 0 aliphatic rings. The number of hydrogen-bond donors (Lipinski definition) is 2. The van der Waals surface area contributed by atoms with Gasteiger partial charge in [0, 0.05) is 38.0 Å². The van der Waals surface area contributed by atoms with Crippen LogP contribution in [-0.4, -0.2) is 48.3 Å². The lowest BCUT2D eigenvalue weighted by atomic mass is 10.1. The maximum atomic E-state index is 10.7. The highest BCUT2D eigenvalue weighted by atomic mass is 16.6. The molecule has 0 bridgehead atoms. The van der Waals surface area contributed by atoms with Gasteiger partial charge in [-0.1, -0.05) is 0 Å². The van der Waals surface area contributed by atoms with Gasteiger partial charge in [0.2, 0.25) is 0 Å². The average Bonchev–Trinajstić information content (AvgIpc) is 2.31. The molecule has 0 aromatic heterocycles. The fourth-order valence-corrected chi connectivity index (χ4v) is 1.80. The number of likely N-dealkylation sites (N-methyl/N-ethyl adjacent to an activating group) is 1. The van der Waals surface area contributed by atoms with Crippen LogP contribution in [0.1, 0.15) is 5.56 Å². The van der Waals surface area contributed by atoms with E-state index in [4.69, 9.17) is 10.5 Å². The molecular formula is C12H19N3O4. The first-order valence-corrected chi connectivity index (χ1v) is 5.82. The zero-order chi connectivity index (χ0) is 14.4. The Morgan fingerprint density at radius 2 is 2.26 bits per heavy atom. The first-order valence-electron chi connectivity index (χ1n) is 5.82. The van der Waals surface area contributed by atoms with Crippen LogP contribution in [0.15, 0.2) is 18.2 Å². The van der Waals surface area contributed by atoms with Gasteiger partial charge in [-0.2, -0.15) is 0 Å². The van der Waals surface area contributed by atoms with Crippen molar-refractivity contribution < 1.29 is 14.8 Å². The number of methoxy groups -OCH3 is 1. The molecule has 0 saturated carbocycles. The Hall–Kier alpha value is -1.70. The van der Waals surface area contributed by atoms with E-state index in [0.717, 1.165) is 0 Å². The number of nitro groups is 1. The molecule has 1 rings (SSSR count). The lowest BCUT2D eigenvalue weighted by Crippen LogP contribution is -2.31. The average molecular weight is 269 g/mol. The molecule has 1 atom stereocenters. The molecule has 19 heavy (non-hydrogen) atoms. The van der Waals surface area contributed by atoms with Crippen molar-refractivity contribution in [3.05, 3.63) is 33.9 Å². The number of nitrogens with two attached hydrogens (primary N) is 1. The fourth-order valence-electron chi connectivity index (χ4n) is 1.80. The van der Waals surface area contributed by atoms with Gasteiger partial charge in [0.25, 0.3) is 5.69 Å². The smallest absolute Gasteiger partial charge is 0.269 e. The van der Waals surface area contributed by atoms with Crippen molar-refractivity contribution in [1.82, 2.24) is 4.90 Å². The molecular weight excluding hydrogens is 250 g/mol. The molecule has 7 heteroatoms. The summed E-state index contributed by atoms with van der Waals surface area (Å²) in [7, 11) is 3.32. The fraction of sp³-hybridized carbons (Fsp3) is 0.500. The third kappa shape index (κ3) is 4.82. The van der Waals surface area contributed by atoms with E-state index >= 15 is 0 Å². The van der Waals surface area contributed by atoms with E-state index in [1.807, 2.05) is 4.90 Å². The van der Waals surface area contributed by atoms with E-state index in [9.17, 15) is 15.2 Å². The van der Waals surface area contributed by atoms with Gasteiger partial charge in [-0.25, -0.2) is 0 Å². The third-order valence-corrected chi connectivity index (χ3v) is 2.66. The number of benzene rings is 1. The number of ether oxygens (including phenoxy) is 1. The van der Waals surface area contributed by atoms with Gasteiger partial charge in [-0.3, -0.25) is 15.0 Å². The first kappa shape index (κ1) is 15.4. The Kier molecular flexibility index (Phi) is 5.68. The Balaban J connectivity index is 2.70. The zero-order valence-corrected chi connectivity index (χ0v) is 11.1. The Labute approximate surface area is 111 Å². The Bertz CT molecular complexity index is 439. The lowest BCUT2D eigenvalue weighted by molar-refractivity contribution is -0.384. The number of anilines is 1. The third-order valence-electron chi connectivity index (χ3n) is 2.66. The minimum absolute atomic E-state index is 0.00930. The van der Waals surface area contributed by atoms with E-state index in [-0.39, 0.29) is 12.3 Å². The number of rotatable bonds is 7. The largest absolute Gasteiger partial charge is 0.398 e. The van der Waals surface area contributed by atoms with E-state index in [2.05, 4.69) is 0 Å². The van der Waals surface area contributed by atoms with Crippen molar-refractivity contribution in [3.63, 3.8) is 0 Å². The highest BCUT2D eigenvalue weighted by Crippen LogP contribution is 2.20. The van der Waals surface area contributed by atoms with Crippen molar-refractivity contribution in [2.24, 2.45) is 0 Å². The zero-order valence-electron chi connectivity index (χ0n) is 11.1. The van der Waals surface area contributed by atoms with Crippen LogP contribution in [0, 0.1) is 10.1 Å². The second-order valence-corrected chi connectivity index (χ2v) is 4.45. The van der Waals surface area contributed by atoms with Gasteiger partial charge in [0.05, 0.1) is 17.6 Å². The molecule has 0 fully saturated rings. The van der Waals surface area contributed by atoms with Crippen molar-refractivity contribution in [2.45, 2.75) is 12.6 Å². The summed E-state index contributed by atoms with van der Waals surface area (Å²) >= 11 is 0. The summed E-state index contributed by atoms with van der Waals surface area (Å²) in [6, 6.07) is 4.35. The van der Waals surface area contributed by atoms with Crippen LogP contribution >= 0.6 is 0 Å². The minimum Gasteiger partial charge on any atom is -0.398 e. The molecule has 0 heterocycles. The number of hydrogen-bond acceptors (Lipinski definition) is 6. The van der Waals surface area contributed by atoms with Crippen LogP contribution in [0.5, 0.6) is 0 Å². The summed E-state index contributed by atoms with van der Waals surface area (Å²) < 4.78 is 4.84. The minimum atomic E-state index is -0.602. The maximum Gasteiger partial charge on any atom is 0.269 e. The van der Waals surface area contributed by atoms with Gasteiger partial charge in [0.15, 0.2) is 0 Å². The molecule has 0 aliphatic heterocycles. The summed E-state index contributed by atoms with van der Waals surface area (Å²) in [5.74, 6) is 0. The summed E-state index contributed by atoms with van der Waals surface area (Å²) in [6.45, 7) is 1.07. The molecule has 0 amide bonds. The van der Waals surface area contributed by atoms with Gasteiger partial charge in [0.1, 0.15) is 0 Å². The number of non-ortho nitro benzene ring substituents is 1. The van der Waals surface area contributed by atoms with Crippen LogP contribution in [0.2, 0.25) is 0 Å². The van der Waals surface area contributed by atoms with Gasteiger partial charge < -0.3 is 15.6 Å². The van der Waals surface area contributed by atoms with Gasteiger partial charge >= 0.3 is 0 Å². The lowest BCUT2D eigenvalue weighted by Gasteiger charge is -2.20. The highest BCUT2D eigenvalue weighted by molar-refractivity contribution is 5.52. The summed E-state index contributed by atoms with van der Waals surface area (Å²) in [5, 5.41) is 20.3. The SMILES string of the molecule is COCC(O)CN(C)Cc1cc([N+](=O)[O-])ccc1N. The molecule has 1 unspecified atom stereocenters. The summed E-state index contributed by atoms with van der Waals surface area (Å²) in [4.78, 5) is 12.1. The molecule has 1 aromatic carbocycles. The Morgan fingerprint density at radius 1 is 1.58 bits per heavy atom. The van der Waals surface area contributed by atoms with Gasteiger partial charge in [-0.15, -0.1) is 0 Å². The molecule has 106 valence electrons.